The van der Waals surface area contributed by atoms with Gasteiger partial charge in [-0.05, 0) is 28.1 Å². The van der Waals surface area contributed by atoms with Gasteiger partial charge in [0.2, 0.25) is 10.0 Å². The number of nitrogens with zero attached hydrogens (tertiary/aromatic N) is 1. The van der Waals surface area contributed by atoms with Crippen LogP contribution in [0.2, 0.25) is 5.02 Å². The van der Waals surface area contributed by atoms with Gasteiger partial charge in [-0.2, -0.15) is 4.31 Å². The van der Waals surface area contributed by atoms with Gasteiger partial charge >= 0.3 is 0 Å². The molecular formula is C10H11BrClFN2O2S. The third-order valence-electron chi connectivity index (χ3n) is 2.64. The van der Waals surface area contributed by atoms with Gasteiger partial charge in [0.25, 0.3) is 0 Å². The van der Waals surface area contributed by atoms with Gasteiger partial charge < -0.3 is 5.32 Å². The van der Waals surface area contributed by atoms with Crippen LogP contribution < -0.4 is 5.32 Å². The Balaban J connectivity index is 2.47. The van der Waals surface area contributed by atoms with E-state index in [0.717, 1.165) is 12.1 Å². The lowest BCUT2D eigenvalue weighted by Gasteiger charge is -2.27. The average Bonchev–Trinajstić information content (AvgIpc) is 2.28. The Hall–Kier alpha value is -0.210. The van der Waals surface area contributed by atoms with E-state index in [1.165, 1.54) is 4.31 Å². The maximum absolute atomic E-state index is 13.1. The highest BCUT2D eigenvalue weighted by Crippen LogP contribution is 2.32. The number of piperazine rings is 1. The van der Waals surface area contributed by atoms with E-state index >= 15 is 0 Å². The molecule has 8 heteroatoms. The van der Waals surface area contributed by atoms with Gasteiger partial charge in [-0.1, -0.05) is 11.6 Å². The van der Waals surface area contributed by atoms with E-state index in [1.807, 2.05) is 0 Å². The number of hydrogen-bond donors (Lipinski definition) is 1. The SMILES string of the molecule is O=S(=O)(c1c(Cl)cc(F)cc1Br)N1CCNCC1. The molecule has 1 aliphatic rings. The summed E-state index contributed by atoms with van der Waals surface area (Å²) < 4.78 is 39.4. The topological polar surface area (TPSA) is 49.4 Å². The second-order valence-electron chi connectivity index (χ2n) is 3.85. The summed E-state index contributed by atoms with van der Waals surface area (Å²) in [5.41, 5.74) is 0. The van der Waals surface area contributed by atoms with Crippen molar-refractivity contribution < 1.29 is 12.8 Å². The zero-order valence-electron chi connectivity index (χ0n) is 9.29. The lowest BCUT2D eigenvalue weighted by Crippen LogP contribution is -2.46. The molecule has 100 valence electrons. The maximum atomic E-state index is 13.1. The summed E-state index contributed by atoms with van der Waals surface area (Å²) in [6, 6.07) is 2.10. The highest BCUT2D eigenvalue weighted by Gasteiger charge is 2.30. The van der Waals surface area contributed by atoms with Gasteiger partial charge in [0.05, 0.1) is 5.02 Å². The molecule has 4 nitrogen and oxygen atoms in total. The standard InChI is InChI=1S/C10H11BrClFN2O2S/c11-8-5-7(13)6-9(12)10(8)18(16,17)15-3-1-14-2-4-15/h5-6,14H,1-4H2. The van der Waals surface area contributed by atoms with Gasteiger partial charge in [0.1, 0.15) is 10.7 Å². The van der Waals surface area contributed by atoms with Crippen molar-refractivity contribution in [2.75, 3.05) is 26.2 Å². The Labute approximate surface area is 118 Å². The normalized spacial score (nSPS) is 17.9. The fourth-order valence-corrected chi connectivity index (χ4v) is 4.98. The van der Waals surface area contributed by atoms with Gasteiger partial charge in [0.15, 0.2) is 0 Å². The quantitative estimate of drug-likeness (QED) is 0.878. The molecule has 0 bridgehead atoms. The molecule has 1 aliphatic heterocycles. The summed E-state index contributed by atoms with van der Waals surface area (Å²) >= 11 is 8.90. The van der Waals surface area contributed by atoms with Gasteiger partial charge in [-0.3, -0.25) is 0 Å². The molecule has 1 heterocycles. The van der Waals surface area contributed by atoms with Crippen LogP contribution in [0.3, 0.4) is 0 Å². The summed E-state index contributed by atoms with van der Waals surface area (Å²) in [5, 5.41) is 2.96. The first-order valence-corrected chi connectivity index (χ1v) is 7.89. The van der Waals surface area contributed by atoms with Crippen LogP contribution in [0.1, 0.15) is 0 Å². The van der Waals surface area contributed by atoms with E-state index in [2.05, 4.69) is 21.2 Å². The third kappa shape index (κ3) is 2.70. The van der Waals surface area contributed by atoms with Crippen LogP contribution in [0.5, 0.6) is 0 Å². The fourth-order valence-electron chi connectivity index (χ4n) is 1.79. The van der Waals surface area contributed by atoms with Crippen LogP contribution in [-0.2, 0) is 10.0 Å². The summed E-state index contributed by atoms with van der Waals surface area (Å²) in [4.78, 5) is -0.0764. The number of sulfonamides is 1. The van der Waals surface area contributed by atoms with Crippen LogP contribution in [0, 0.1) is 5.82 Å². The van der Waals surface area contributed by atoms with E-state index in [0.29, 0.717) is 26.2 Å². The molecule has 18 heavy (non-hydrogen) atoms. The van der Waals surface area contributed by atoms with E-state index < -0.39 is 15.8 Å². The van der Waals surface area contributed by atoms with Crippen LogP contribution in [0.4, 0.5) is 4.39 Å². The number of benzene rings is 1. The molecule has 2 rings (SSSR count). The second-order valence-corrected chi connectivity index (χ2v) is 6.99. The summed E-state index contributed by atoms with van der Waals surface area (Å²) in [5.74, 6) is -0.578. The largest absolute Gasteiger partial charge is 0.314 e. The third-order valence-corrected chi connectivity index (χ3v) is 5.94. The Kier molecular flexibility index (Phi) is 4.28. The second kappa shape index (κ2) is 5.42. The molecule has 1 aromatic rings. The predicted molar refractivity (Wildman–Crippen MR) is 70.7 cm³/mol. The number of nitrogens with one attached hydrogen (secondary N) is 1. The fraction of sp³-hybridized carbons (Fsp3) is 0.400. The maximum Gasteiger partial charge on any atom is 0.245 e. The highest BCUT2D eigenvalue weighted by atomic mass is 79.9. The predicted octanol–water partition coefficient (Wildman–Crippen LogP) is 1.84. The van der Waals surface area contributed by atoms with Crippen molar-refractivity contribution in [2.45, 2.75) is 4.90 Å². The van der Waals surface area contributed by atoms with Gasteiger partial charge in [-0.25, -0.2) is 12.8 Å². The molecule has 0 atom stereocenters. The zero-order valence-corrected chi connectivity index (χ0v) is 12.4. The molecule has 0 radical (unpaired) electrons. The smallest absolute Gasteiger partial charge is 0.245 e. The first kappa shape index (κ1) is 14.2. The lowest BCUT2D eigenvalue weighted by atomic mass is 10.3. The molecule has 1 N–H and O–H groups in total. The minimum atomic E-state index is -3.69. The molecule has 1 aromatic carbocycles. The minimum absolute atomic E-state index is 0.0764. The van der Waals surface area contributed by atoms with Crippen molar-refractivity contribution in [2.24, 2.45) is 0 Å². The molecule has 0 saturated carbocycles. The molecule has 1 saturated heterocycles. The van der Waals surface area contributed by atoms with Gasteiger partial charge in [0, 0.05) is 30.7 Å². The first-order chi connectivity index (χ1) is 8.43. The molecule has 0 aliphatic carbocycles. The molecule has 0 unspecified atom stereocenters. The number of hydrogen-bond acceptors (Lipinski definition) is 3. The average molecular weight is 358 g/mol. The van der Waals surface area contributed by atoms with Crippen LogP contribution in [0.25, 0.3) is 0 Å². The first-order valence-electron chi connectivity index (χ1n) is 5.28. The summed E-state index contributed by atoms with van der Waals surface area (Å²) in [7, 11) is -3.69. The Morgan fingerprint density at radius 1 is 1.33 bits per heavy atom. The van der Waals surface area contributed by atoms with Crippen molar-refractivity contribution in [1.82, 2.24) is 9.62 Å². The van der Waals surface area contributed by atoms with Crippen molar-refractivity contribution in [3.8, 4) is 0 Å². The molecule has 0 spiro atoms. The van der Waals surface area contributed by atoms with Crippen LogP contribution in [-0.4, -0.2) is 38.9 Å². The monoisotopic (exact) mass is 356 g/mol. The van der Waals surface area contributed by atoms with E-state index in [9.17, 15) is 12.8 Å². The van der Waals surface area contributed by atoms with Crippen molar-refractivity contribution in [3.63, 3.8) is 0 Å². The van der Waals surface area contributed by atoms with E-state index in [4.69, 9.17) is 11.6 Å². The van der Waals surface area contributed by atoms with Crippen LogP contribution in [0.15, 0.2) is 21.5 Å². The van der Waals surface area contributed by atoms with Crippen LogP contribution >= 0.6 is 27.5 Å². The minimum Gasteiger partial charge on any atom is -0.314 e. The zero-order chi connectivity index (χ0) is 13.3. The van der Waals surface area contributed by atoms with E-state index in [1.54, 1.807) is 0 Å². The molecule has 1 fully saturated rings. The number of rotatable bonds is 2. The Bertz CT molecular complexity index is 538. The highest BCUT2D eigenvalue weighted by molar-refractivity contribution is 9.10. The summed E-state index contributed by atoms with van der Waals surface area (Å²) in [6.07, 6.45) is 0. The summed E-state index contributed by atoms with van der Waals surface area (Å²) in [6.45, 7) is 1.94. The number of halogens is 3. The van der Waals surface area contributed by atoms with Crippen molar-refractivity contribution in [3.05, 3.63) is 27.4 Å². The Morgan fingerprint density at radius 2 is 1.94 bits per heavy atom. The van der Waals surface area contributed by atoms with Crippen molar-refractivity contribution in [1.29, 1.82) is 0 Å². The molecular weight excluding hydrogens is 347 g/mol. The van der Waals surface area contributed by atoms with Crippen molar-refractivity contribution >= 4 is 37.6 Å². The lowest BCUT2D eigenvalue weighted by molar-refractivity contribution is 0.360. The van der Waals surface area contributed by atoms with Gasteiger partial charge in [-0.15, -0.1) is 0 Å². The molecule has 0 aromatic heterocycles. The molecule has 0 amide bonds. The van der Waals surface area contributed by atoms with E-state index in [-0.39, 0.29) is 14.4 Å². The Morgan fingerprint density at radius 3 is 2.50 bits per heavy atom.